The standard InChI is InChI=1S/C10H16N4O4/c1-18-6-7(15)4-5-12-10-8(14(16)17)2-3-9(11)13-10/h2-3,7,15H,4-6H2,1H3,(H3,11,12,13). The van der Waals surface area contributed by atoms with Gasteiger partial charge in [0, 0.05) is 19.7 Å². The third-order valence-corrected chi connectivity index (χ3v) is 2.22. The zero-order chi connectivity index (χ0) is 13.5. The molecule has 0 saturated heterocycles. The summed E-state index contributed by atoms with van der Waals surface area (Å²) in [6, 6.07) is 2.65. The normalized spacial score (nSPS) is 12.1. The molecule has 1 rings (SSSR count). The molecule has 0 spiro atoms. The van der Waals surface area contributed by atoms with Crippen molar-refractivity contribution in [2.75, 3.05) is 31.3 Å². The van der Waals surface area contributed by atoms with Crippen LogP contribution in [0.15, 0.2) is 12.1 Å². The molecular weight excluding hydrogens is 240 g/mol. The van der Waals surface area contributed by atoms with Crippen LogP contribution in [-0.2, 0) is 4.74 Å². The van der Waals surface area contributed by atoms with Crippen LogP contribution >= 0.6 is 0 Å². The van der Waals surface area contributed by atoms with E-state index in [-0.39, 0.29) is 23.9 Å². The highest BCUT2D eigenvalue weighted by Crippen LogP contribution is 2.22. The molecule has 0 radical (unpaired) electrons. The van der Waals surface area contributed by atoms with Crippen molar-refractivity contribution in [2.24, 2.45) is 0 Å². The smallest absolute Gasteiger partial charge is 0.311 e. The maximum absolute atomic E-state index is 10.7. The number of aliphatic hydroxyl groups is 1. The number of rotatable bonds is 7. The van der Waals surface area contributed by atoms with Crippen LogP contribution in [0.4, 0.5) is 17.3 Å². The number of methoxy groups -OCH3 is 1. The average molecular weight is 256 g/mol. The largest absolute Gasteiger partial charge is 0.391 e. The minimum atomic E-state index is -0.623. The predicted molar refractivity (Wildman–Crippen MR) is 66.3 cm³/mol. The second-order valence-electron chi connectivity index (χ2n) is 3.69. The number of hydrogen-bond donors (Lipinski definition) is 3. The SMILES string of the molecule is COCC(O)CCNc1nc(N)ccc1[N+](=O)[O-]. The minimum absolute atomic E-state index is 0.101. The van der Waals surface area contributed by atoms with Crippen molar-refractivity contribution in [3.05, 3.63) is 22.2 Å². The quantitative estimate of drug-likeness (QED) is 0.476. The van der Waals surface area contributed by atoms with Gasteiger partial charge in [-0.15, -0.1) is 0 Å². The summed E-state index contributed by atoms with van der Waals surface area (Å²) in [6.07, 6.45) is -0.232. The molecule has 0 bridgehead atoms. The topological polar surface area (TPSA) is 124 Å². The van der Waals surface area contributed by atoms with E-state index < -0.39 is 11.0 Å². The number of nitrogens with zero attached hydrogens (tertiary/aromatic N) is 2. The van der Waals surface area contributed by atoms with Gasteiger partial charge in [0.05, 0.1) is 17.6 Å². The van der Waals surface area contributed by atoms with Gasteiger partial charge in [0.2, 0.25) is 5.82 Å². The fourth-order valence-electron chi connectivity index (χ4n) is 1.38. The van der Waals surface area contributed by atoms with E-state index in [4.69, 9.17) is 10.5 Å². The molecule has 0 amide bonds. The first-order valence-electron chi connectivity index (χ1n) is 5.36. The molecule has 18 heavy (non-hydrogen) atoms. The Morgan fingerprint density at radius 2 is 2.39 bits per heavy atom. The number of anilines is 2. The van der Waals surface area contributed by atoms with Crippen LogP contribution in [-0.4, -0.2) is 41.4 Å². The number of nitro groups is 1. The molecule has 0 aromatic carbocycles. The lowest BCUT2D eigenvalue weighted by Gasteiger charge is -2.10. The van der Waals surface area contributed by atoms with E-state index in [1.54, 1.807) is 0 Å². The lowest BCUT2D eigenvalue weighted by molar-refractivity contribution is -0.384. The van der Waals surface area contributed by atoms with Gasteiger partial charge in [-0.2, -0.15) is 0 Å². The Kier molecular flexibility index (Phi) is 5.28. The van der Waals surface area contributed by atoms with Gasteiger partial charge in [0.25, 0.3) is 0 Å². The van der Waals surface area contributed by atoms with Gasteiger partial charge in [-0.25, -0.2) is 4.98 Å². The fourth-order valence-corrected chi connectivity index (χ4v) is 1.38. The van der Waals surface area contributed by atoms with Crippen LogP contribution in [0.5, 0.6) is 0 Å². The first-order valence-corrected chi connectivity index (χ1v) is 5.36. The molecule has 0 aliphatic rings. The van der Waals surface area contributed by atoms with E-state index in [0.29, 0.717) is 13.0 Å². The van der Waals surface area contributed by atoms with Crippen LogP contribution in [0.25, 0.3) is 0 Å². The van der Waals surface area contributed by atoms with Gasteiger partial charge in [-0.1, -0.05) is 0 Å². The highest BCUT2D eigenvalue weighted by Gasteiger charge is 2.15. The monoisotopic (exact) mass is 256 g/mol. The average Bonchev–Trinajstić information content (AvgIpc) is 2.29. The van der Waals surface area contributed by atoms with Crippen molar-refractivity contribution in [2.45, 2.75) is 12.5 Å². The number of aliphatic hydroxyl groups excluding tert-OH is 1. The van der Waals surface area contributed by atoms with E-state index in [1.807, 2.05) is 0 Å². The second-order valence-corrected chi connectivity index (χ2v) is 3.69. The lowest BCUT2D eigenvalue weighted by Crippen LogP contribution is -2.19. The van der Waals surface area contributed by atoms with Crippen LogP contribution in [0, 0.1) is 10.1 Å². The molecule has 1 unspecified atom stereocenters. The third-order valence-electron chi connectivity index (χ3n) is 2.22. The summed E-state index contributed by atoms with van der Waals surface area (Å²) in [5.41, 5.74) is 5.32. The summed E-state index contributed by atoms with van der Waals surface area (Å²) in [5.74, 6) is 0.296. The minimum Gasteiger partial charge on any atom is -0.391 e. The Labute approximate surface area is 104 Å². The van der Waals surface area contributed by atoms with Gasteiger partial charge in [-0.3, -0.25) is 10.1 Å². The summed E-state index contributed by atoms with van der Waals surface area (Å²) >= 11 is 0. The molecule has 8 heteroatoms. The number of pyridine rings is 1. The van der Waals surface area contributed by atoms with Crippen LogP contribution < -0.4 is 11.1 Å². The van der Waals surface area contributed by atoms with Crippen molar-refractivity contribution in [1.82, 2.24) is 4.98 Å². The number of nitrogen functional groups attached to an aromatic ring is 1. The van der Waals surface area contributed by atoms with Crippen LogP contribution in [0.1, 0.15) is 6.42 Å². The summed E-state index contributed by atoms with van der Waals surface area (Å²) in [7, 11) is 1.49. The zero-order valence-corrected chi connectivity index (χ0v) is 10.00. The molecule has 4 N–H and O–H groups in total. The van der Waals surface area contributed by atoms with Gasteiger partial charge in [0.15, 0.2) is 0 Å². The van der Waals surface area contributed by atoms with Gasteiger partial charge in [-0.05, 0) is 12.5 Å². The van der Waals surface area contributed by atoms with Crippen molar-refractivity contribution in [1.29, 1.82) is 0 Å². The molecule has 0 aliphatic carbocycles. The summed E-state index contributed by atoms with van der Waals surface area (Å²) in [5, 5.41) is 22.9. The highest BCUT2D eigenvalue weighted by molar-refractivity contribution is 5.59. The molecule has 1 atom stereocenters. The van der Waals surface area contributed by atoms with Crippen molar-refractivity contribution >= 4 is 17.3 Å². The Hall–Kier alpha value is -1.93. The van der Waals surface area contributed by atoms with E-state index in [2.05, 4.69) is 10.3 Å². The van der Waals surface area contributed by atoms with E-state index >= 15 is 0 Å². The van der Waals surface area contributed by atoms with E-state index in [0.717, 1.165) is 0 Å². The molecule has 0 saturated carbocycles. The molecule has 1 aromatic rings. The van der Waals surface area contributed by atoms with Gasteiger partial charge in [0.1, 0.15) is 5.82 Å². The molecule has 100 valence electrons. The fraction of sp³-hybridized carbons (Fsp3) is 0.500. The number of nitrogens with one attached hydrogen (secondary N) is 1. The van der Waals surface area contributed by atoms with Crippen molar-refractivity contribution in [3.63, 3.8) is 0 Å². The molecule has 1 aromatic heterocycles. The molecule has 1 heterocycles. The van der Waals surface area contributed by atoms with Crippen LogP contribution in [0.2, 0.25) is 0 Å². The predicted octanol–water partition coefficient (Wildman–Crippen LogP) is 0.381. The van der Waals surface area contributed by atoms with E-state index in [9.17, 15) is 15.2 Å². The Balaban J connectivity index is 2.60. The van der Waals surface area contributed by atoms with Gasteiger partial charge >= 0.3 is 5.69 Å². The van der Waals surface area contributed by atoms with E-state index in [1.165, 1.54) is 19.2 Å². The molecule has 8 nitrogen and oxygen atoms in total. The zero-order valence-electron chi connectivity index (χ0n) is 10.00. The summed E-state index contributed by atoms with van der Waals surface area (Å²) in [4.78, 5) is 14.1. The lowest BCUT2D eigenvalue weighted by atomic mass is 10.2. The Morgan fingerprint density at radius 3 is 3.00 bits per heavy atom. The molecular formula is C10H16N4O4. The summed E-state index contributed by atoms with van der Waals surface area (Å²) < 4.78 is 4.77. The molecule has 0 aliphatic heterocycles. The number of hydrogen-bond acceptors (Lipinski definition) is 7. The first-order chi connectivity index (χ1) is 8.54. The van der Waals surface area contributed by atoms with Crippen molar-refractivity contribution in [3.8, 4) is 0 Å². The Morgan fingerprint density at radius 1 is 1.67 bits per heavy atom. The van der Waals surface area contributed by atoms with Crippen molar-refractivity contribution < 1.29 is 14.8 Å². The third kappa shape index (κ3) is 4.15. The number of ether oxygens (including phenoxy) is 1. The molecule has 0 fully saturated rings. The van der Waals surface area contributed by atoms with Gasteiger partial charge < -0.3 is 20.9 Å². The second kappa shape index (κ2) is 6.72. The summed E-state index contributed by atoms with van der Waals surface area (Å²) in [6.45, 7) is 0.552. The van der Waals surface area contributed by atoms with Crippen LogP contribution in [0.3, 0.4) is 0 Å². The maximum atomic E-state index is 10.7. The number of aromatic nitrogens is 1. The Bertz CT molecular complexity index is 413. The number of nitrogens with two attached hydrogens (primary N) is 1. The maximum Gasteiger partial charge on any atom is 0.311 e. The first kappa shape index (κ1) is 14.1. The highest BCUT2D eigenvalue weighted by atomic mass is 16.6.